The molecule has 16 heavy (non-hydrogen) atoms. The average Bonchev–Trinajstić information content (AvgIpc) is 2.59. The molecule has 0 heterocycles. The Morgan fingerprint density at radius 1 is 1.44 bits per heavy atom. The quantitative estimate of drug-likeness (QED) is 0.516. The minimum atomic E-state index is -0.188. The predicted octanol–water partition coefficient (Wildman–Crippen LogP) is 2.73. The highest BCUT2D eigenvalue weighted by atomic mass is 16.5. The lowest BCUT2D eigenvalue weighted by Crippen LogP contribution is -2.07. The molecule has 0 radical (unpaired) electrons. The smallest absolute Gasteiger partial charge is 0.305 e. The van der Waals surface area contributed by atoms with Crippen molar-refractivity contribution in [1.29, 1.82) is 0 Å². The molecule has 3 nitrogen and oxygen atoms in total. The van der Waals surface area contributed by atoms with E-state index in [4.69, 9.17) is 0 Å². The van der Waals surface area contributed by atoms with Crippen LogP contribution in [0.4, 0.5) is 0 Å². The Labute approximate surface area is 97.5 Å². The van der Waals surface area contributed by atoms with Crippen molar-refractivity contribution in [3.8, 4) is 0 Å². The van der Waals surface area contributed by atoms with E-state index in [1.165, 1.54) is 20.0 Å². The Balaban J connectivity index is 2.29. The number of unbranched alkanes of at least 4 members (excludes halogenated alkanes) is 2. The van der Waals surface area contributed by atoms with Crippen LogP contribution in [0.15, 0.2) is 0 Å². The topological polar surface area (TPSA) is 43.4 Å². The molecule has 1 fully saturated rings. The first kappa shape index (κ1) is 13.2. The van der Waals surface area contributed by atoms with Crippen LogP contribution in [0.3, 0.4) is 0 Å². The lowest BCUT2D eigenvalue weighted by molar-refractivity contribution is -0.141. The molecule has 2 atom stereocenters. The van der Waals surface area contributed by atoms with Gasteiger partial charge in [-0.3, -0.25) is 9.59 Å². The highest BCUT2D eigenvalue weighted by molar-refractivity contribution is 5.84. The van der Waals surface area contributed by atoms with Crippen molar-refractivity contribution in [2.75, 3.05) is 7.11 Å². The zero-order chi connectivity index (χ0) is 12.0. The number of rotatable bonds is 6. The predicted molar refractivity (Wildman–Crippen MR) is 62.0 cm³/mol. The average molecular weight is 226 g/mol. The summed E-state index contributed by atoms with van der Waals surface area (Å²) < 4.78 is 4.63. The van der Waals surface area contributed by atoms with Gasteiger partial charge in [0, 0.05) is 18.8 Å². The van der Waals surface area contributed by atoms with Gasteiger partial charge in [-0.2, -0.15) is 0 Å². The highest BCUT2D eigenvalue weighted by Gasteiger charge is 2.33. The second kappa shape index (κ2) is 6.66. The second-order valence-corrected chi connectivity index (χ2v) is 4.75. The molecule has 1 aliphatic carbocycles. The van der Waals surface area contributed by atoms with Gasteiger partial charge in [0.15, 0.2) is 0 Å². The first-order valence-electron chi connectivity index (χ1n) is 6.26. The van der Waals surface area contributed by atoms with Crippen LogP contribution in [0.1, 0.15) is 51.9 Å². The van der Waals surface area contributed by atoms with Crippen molar-refractivity contribution in [1.82, 2.24) is 0 Å². The molecule has 1 rings (SSSR count). The summed E-state index contributed by atoms with van der Waals surface area (Å²) in [4.78, 5) is 22.8. The highest BCUT2D eigenvalue weighted by Crippen LogP contribution is 2.33. The monoisotopic (exact) mass is 226 g/mol. The lowest BCUT2D eigenvalue weighted by Gasteiger charge is -2.08. The molecule has 3 heteroatoms. The van der Waals surface area contributed by atoms with Crippen LogP contribution >= 0.6 is 0 Å². The summed E-state index contributed by atoms with van der Waals surface area (Å²) in [5.41, 5.74) is 0. The van der Waals surface area contributed by atoms with Gasteiger partial charge in [0.1, 0.15) is 5.78 Å². The first-order chi connectivity index (χ1) is 7.67. The van der Waals surface area contributed by atoms with E-state index < -0.39 is 0 Å². The third kappa shape index (κ3) is 3.95. The minimum absolute atomic E-state index is 0.188. The van der Waals surface area contributed by atoms with Crippen LogP contribution in [-0.4, -0.2) is 18.9 Å². The Bertz CT molecular complexity index is 248. The Hall–Kier alpha value is -0.860. The molecule has 1 aliphatic rings. The number of Topliss-reactive ketones (excluding diaryl/α,β-unsaturated/α-hetero) is 1. The molecular weight excluding hydrogens is 204 g/mol. The number of hydrogen-bond donors (Lipinski definition) is 0. The molecule has 0 saturated heterocycles. The van der Waals surface area contributed by atoms with E-state index in [2.05, 4.69) is 11.7 Å². The van der Waals surface area contributed by atoms with Gasteiger partial charge in [0.25, 0.3) is 0 Å². The normalized spacial score (nSPS) is 24.8. The molecule has 0 aromatic carbocycles. The maximum atomic E-state index is 11.7. The van der Waals surface area contributed by atoms with Crippen LogP contribution in [0.2, 0.25) is 0 Å². The molecule has 0 spiro atoms. The van der Waals surface area contributed by atoms with E-state index in [9.17, 15) is 9.59 Å². The summed E-state index contributed by atoms with van der Waals surface area (Å²) in [6.45, 7) is 2.16. The number of carbonyl (C=O) groups excluding carboxylic acids is 2. The fourth-order valence-electron chi connectivity index (χ4n) is 2.46. The zero-order valence-corrected chi connectivity index (χ0v) is 10.3. The second-order valence-electron chi connectivity index (χ2n) is 4.75. The van der Waals surface area contributed by atoms with Crippen molar-refractivity contribution in [3.05, 3.63) is 0 Å². The Kier molecular flexibility index (Phi) is 5.50. The SMILES string of the molecule is CCCCCC1C[C@@H](CC(=O)OC)CC1=O. The summed E-state index contributed by atoms with van der Waals surface area (Å²) in [7, 11) is 1.40. The summed E-state index contributed by atoms with van der Waals surface area (Å²) >= 11 is 0. The summed E-state index contributed by atoms with van der Waals surface area (Å²) in [5, 5.41) is 0. The van der Waals surface area contributed by atoms with E-state index in [1.807, 2.05) is 0 Å². The maximum Gasteiger partial charge on any atom is 0.305 e. The number of carbonyl (C=O) groups is 2. The number of ether oxygens (including phenoxy) is 1. The zero-order valence-electron chi connectivity index (χ0n) is 10.3. The largest absolute Gasteiger partial charge is 0.469 e. The summed E-state index contributed by atoms with van der Waals surface area (Å²) in [5.74, 6) is 0.602. The van der Waals surface area contributed by atoms with Gasteiger partial charge >= 0.3 is 5.97 Å². The molecule has 0 aromatic heterocycles. The van der Waals surface area contributed by atoms with E-state index in [0.29, 0.717) is 18.6 Å². The van der Waals surface area contributed by atoms with Crippen molar-refractivity contribution >= 4 is 11.8 Å². The van der Waals surface area contributed by atoms with Gasteiger partial charge in [0.2, 0.25) is 0 Å². The molecule has 0 bridgehead atoms. The van der Waals surface area contributed by atoms with Crippen molar-refractivity contribution in [2.24, 2.45) is 11.8 Å². The fourth-order valence-corrected chi connectivity index (χ4v) is 2.46. The fraction of sp³-hybridized carbons (Fsp3) is 0.846. The number of ketones is 1. The van der Waals surface area contributed by atoms with Crippen LogP contribution in [0.5, 0.6) is 0 Å². The molecule has 0 aliphatic heterocycles. The molecule has 0 amide bonds. The standard InChI is InChI=1S/C13H22O3/c1-3-4-5-6-11-7-10(8-12(11)14)9-13(15)16-2/h10-11H,3-9H2,1-2H3/t10-,11?/m1/s1. The van der Waals surface area contributed by atoms with Gasteiger partial charge in [0.05, 0.1) is 7.11 Å². The number of methoxy groups -OCH3 is 1. The van der Waals surface area contributed by atoms with Crippen LogP contribution in [0.25, 0.3) is 0 Å². The molecular formula is C13H22O3. The third-order valence-electron chi connectivity index (χ3n) is 3.40. The Morgan fingerprint density at radius 2 is 2.19 bits per heavy atom. The molecule has 1 unspecified atom stereocenters. The summed E-state index contributed by atoms with van der Waals surface area (Å²) in [6.07, 6.45) is 6.40. The van der Waals surface area contributed by atoms with Crippen molar-refractivity contribution < 1.29 is 14.3 Å². The van der Waals surface area contributed by atoms with Crippen LogP contribution in [0, 0.1) is 11.8 Å². The number of hydrogen-bond acceptors (Lipinski definition) is 3. The third-order valence-corrected chi connectivity index (χ3v) is 3.40. The van der Waals surface area contributed by atoms with E-state index in [-0.39, 0.29) is 17.8 Å². The van der Waals surface area contributed by atoms with Gasteiger partial charge < -0.3 is 4.74 Å². The van der Waals surface area contributed by atoms with Gasteiger partial charge in [-0.15, -0.1) is 0 Å². The van der Waals surface area contributed by atoms with Crippen molar-refractivity contribution in [3.63, 3.8) is 0 Å². The van der Waals surface area contributed by atoms with Gasteiger partial charge in [-0.1, -0.05) is 26.2 Å². The molecule has 0 aromatic rings. The van der Waals surface area contributed by atoms with E-state index in [0.717, 1.165) is 19.3 Å². The first-order valence-corrected chi connectivity index (χ1v) is 6.26. The molecule has 92 valence electrons. The lowest BCUT2D eigenvalue weighted by atomic mass is 9.97. The van der Waals surface area contributed by atoms with E-state index >= 15 is 0 Å². The van der Waals surface area contributed by atoms with Crippen LogP contribution < -0.4 is 0 Å². The Morgan fingerprint density at radius 3 is 2.81 bits per heavy atom. The summed E-state index contributed by atoms with van der Waals surface area (Å²) in [6, 6.07) is 0. The van der Waals surface area contributed by atoms with Crippen LogP contribution in [-0.2, 0) is 14.3 Å². The van der Waals surface area contributed by atoms with Crippen molar-refractivity contribution in [2.45, 2.75) is 51.9 Å². The van der Waals surface area contributed by atoms with Gasteiger partial charge in [-0.05, 0) is 18.8 Å². The van der Waals surface area contributed by atoms with Gasteiger partial charge in [-0.25, -0.2) is 0 Å². The van der Waals surface area contributed by atoms with E-state index in [1.54, 1.807) is 0 Å². The maximum absolute atomic E-state index is 11.7. The molecule has 1 saturated carbocycles. The molecule has 0 N–H and O–H groups in total. The minimum Gasteiger partial charge on any atom is -0.469 e. The number of esters is 1.